The normalized spacial score (nSPS) is 23.8. The van der Waals surface area contributed by atoms with Gasteiger partial charge in [0.15, 0.2) is 0 Å². The Hall–Kier alpha value is -1.59. The van der Waals surface area contributed by atoms with Gasteiger partial charge in [0, 0.05) is 49.6 Å². The van der Waals surface area contributed by atoms with Crippen LogP contribution in [-0.4, -0.2) is 56.2 Å². The van der Waals surface area contributed by atoms with Crippen molar-refractivity contribution in [1.82, 2.24) is 4.90 Å². The van der Waals surface area contributed by atoms with Crippen LogP contribution in [0.25, 0.3) is 0 Å². The molecule has 1 atom stereocenters. The first-order valence-corrected chi connectivity index (χ1v) is 12.2. The lowest BCUT2D eigenvalue weighted by atomic mass is 10.0. The van der Waals surface area contributed by atoms with E-state index in [1.54, 1.807) is 0 Å². The van der Waals surface area contributed by atoms with Crippen molar-refractivity contribution in [3.05, 3.63) is 24.3 Å². The van der Waals surface area contributed by atoms with Gasteiger partial charge in [-0.2, -0.15) is 0 Å². The summed E-state index contributed by atoms with van der Waals surface area (Å²) in [5.41, 5.74) is 2.20. The van der Waals surface area contributed by atoms with E-state index < -0.39 is 0 Å². The van der Waals surface area contributed by atoms with Crippen molar-refractivity contribution in [2.45, 2.75) is 76.4 Å². The summed E-state index contributed by atoms with van der Waals surface area (Å²) >= 11 is 0. The number of carbonyl (C=O) groups is 1. The zero-order valence-electron chi connectivity index (χ0n) is 18.7. The summed E-state index contributed by atoms with van der Waals surface area (Å²) in [5.74, 6) is 0.410. The molecule has 2 aliphatic heterocycles. The van der Waals surface area contributed by atoms with Crippen LogP contribution in [0.3, 0.4) is 0 Å². The molecule has 3 fully saturated rings. The number of nitrogens with one attached hydrogen (secondary N) is 1. The summed E-state index contributed by atoms with van der Waals surface area (Å²) in [5, 5.41) is 3.10. The van der Waals surface area contributed by atoms with Crippen LogP contribution < -0.4 is 10.2 Å². The smallest absolute Gasteiger partial charge is 0.227 e. The minimum atomic E-state index is 0.197. The molecular formula is C25H39N3O2. The molecule has 5 heteroatoms. The summed E-state index contributed by atoms with van der Waals surface area (Å²) in [7, 11) is 2.28. The van der Waals surface area contributed by atoms with Crippen molar-refractivity contribution in [3.8, 4) is 0 Å². The van der Waals surface area contributed by atoms with Crippen molar-refractivity contribution < 1.29 is 9.53 Å². The number of ether oxygens (including phenoxy) is 1. The third kappa shape index (κ3) is 5.76. The third-order valence-electron chi connectivity index (χ3n) is 7.39. The van der Waals surface area contributed by atoms with E-state index in [0.29, 0.717) is 12.1 Å². The highest BCUT2D eigenvalue weighted by molar-refractivity contribution is 5.92. The maximum atomic E-state index is 12.3. The van der Waals surface area contributed by atoms with Crippen LogP contribution in [0, 0.1) is 5.92 Å². The highest BCUT2D eigenvalue weighted by Gasteiger charge is 2.25. The van der Waals surface area contributed by atoms with E-state index in [0.717, 1.165) is 44.8 Å². The molecule has 2 heterocycles. The lowest BCUT2D eigenvalue weighted by molar-refractivity contribution is -0.119. The maximum absolute atomic E-state index is 12.3. The van der Waals surface area contributed by atoms with Gasteiger partial charge >= 0.3 is 0 Å². The first-order chi connectivity index (χ1) is 14.7. The summed E-state index contributed by atoms with van der Waals surface area (Å²) in [6, 6.07) is 9.12. The molecule has 1 N–H and O–H groups in total. The average Bonchev–Trinajstić information content (AvgIpc) is 3.34. The zero-order chi connectivity index (χ0) is 20.8. The number of nitrogens with zero attached hydrogens (tertiary/aromatic N) is 2. The summed E-state index contributed by atoms with van der Waals surface area (Å²) in [6.07, 6.45) is 12.3. The summed E-state index contributed by atoms with van der Waals surface area (Å²) in [6.45, 7) is 4.30. The molecule has 1 aromatic rings. The zero-order valence-corrected chi connectivity index (χ0v) is 18.7. The Balaban J connectivity index is 1.20. The van der Waals surface area contributed by atoms with Crippen LogP contribution in [0.4, 0.5) is 11.4 Å². The fourth-order valence-electron chi connectivity index (χ4n) is 5.32. The van der Waals surface area contributed by atoms with E-state index in [1.807, 2.05) is 0 Å². The highest BCUT2D eigenvalue weighted by Crippen LogP contribution is 2.27. The molecule has 5 nitrogen and oxygen atoms in total. The van der Waals surface area contributed by atoms with Crippen LogP contribution in [-0.2, 0) is 9.53 Å². The first kappa shape index (κ1) is 21.6. The minimum absolute atomic E-state index is 0.197. The molecular weight excluding hydrogens is 374 g/mol. The molecule has 1 aromatic carbocycles. The van der Waals surface area contributed by atoms with E-state index in [1.165, 1.54) is 57.1 Å². The van der Waals surface area contributed by atoms with Gasteiger partial charge in [-0.25, -0.2) is 0 Å². The second kappa shape index (κ2) is 10.6. The van der Waals surface area contributed by atoms with E-state index in [2.05, 4.69) is 46.4 Å². The Kier molecular flexibility index (Phi) is 7.67. The third-order valence-corrected chi connectivity index (χ3v) is 7.39. The number of amides is 1. The highest BCUT2D eigenvalue weighted by atomic mass is 16.5. The number of carbonyl (C=O) groups excluding carboxylic acids is 1. The van der Waals surface area contributed by atoms with E-state index in [4.69, 9.17) is 4.74 Å². The van der Waals surface area contributed by atoms with E-state index in [-0.39, 0.29) is 11.8 Å². The Morgan fingerprint density at radius 1 is 1.03 bits per heavy atom. The van der Waals surface area contributed by atoms with Crippen LogP contribution in [0.5, 0.6) is 0 Å². The molecule has 0 radical (unpaired) electrons. The minimum Gasteiger partial charge on any atom is -0.378 e. The Labute approximate surface area is 182 Å². The van der Waals surface area contributed by atoms with Gasteiger partial charge in [-0.1, -0.05) is 12.8 Å². The number of anilines is 2. The van der Waals surface area contributed by atoms with Gasteiger partial charge < -0.3 is 19.9 Å². The fourth-order valence-corrected chi connectivity index (χ4v) is 5.32. The molecule has 1 saturated carbocycles. The van der Waals surface area contributed by atoms with Crippen LogP contribution in [0.1, 0.15) is 64.2 Å². The molecule has 1 aliphatic carbocycles. The first-order valence-electron chi connectivity index (χ1n) is 12.2. The Morgan fingerprint density at radius 3 is 2.40 bits per heavy atom. The van der Waals surface area contributed by atoms with Gasteiger partial charge in [0.2, 0.25) is 5.91 Å². The summed E-state index contributed by atoms with van der Waals surface area (Å²) < 4.78 is 5.89. The molecule has 30 heavy (non-hydrogen) atoms. The van der Waals surface area contributed by atoms with E-state index >= 15 is 0 Å². The second-order valence-corrected chi connectivity index (χ2v) is 9.49. The second-order valence-electron chi connectivity index (χ2n) is 9.49. The van der Waals surface area contributed by atoms with Gasteiger partial charge in [0.05, 0.1) is 6.10 Å². The molecule has 0 aromatic heterocycles. The van der Waals surface area contributed by atoms with Crippen molar-refractivity contribution in [2.75, 3.05) is 43.5 Å². The number of hydrogen-bond donors (Lipinski definition) is 1. The molecule has 3 aliphatic rings. The predicted octanol–water partition coefficient (Wildman–Crippen LogP) is 4.68. The Morgan fingerprint density at radius 2 is 1.73 bits per heavy atom. The van der Waals surface area contributed by atoms with Gasteiger partial charge in [-0.15, -0.1) is 0 Å². The lowest BCUT2D eigenvalue weighted by Crippen LogP contribution is -2.44. The number of piperidine rings is 1. The van der Waals surface area contributed by atoms with Gasteiger partial charge in [-0.3, -0.25) is 4.79 Å². The monoisotopic (exact) mass is 413 g/mol. The van der Waals surface area contributed by atoms with Crippen molar-refractivity contribution in [3.63, 3.8) is 0 Å². The van der Waals surface area contributed by atoms with Crippen LogP contribution in [0.15, 0.2) is 24.3 Å². The molecule has 0 spiro atoms. The average molecular weight is 414 g/mol. The van der Waals surface area contributed by atoms with Crippen LogP contribution >= 0.6 is 0 Å². The van der Waals surface area contributed by atoms with Crippen LogP contribution in [0.2, 0.25) is 0 Å². The SMILES string of the molecule is CN(CC[C@H]1CCCCO1)C1CCN(c2ccc(NC(=O)C3CCCC3)cc2)CC1. The van der Waals surface area contributed by atoms with Gasteiger partial charge in [0.1, 0.15) is 0 Å². The standard InChI is InChI=1S/C25H39N3O2/c1-27(16-15-24-8-4-5-19-30-24)22-13-17-28(18-14-22)23-11-9-21(10-12-23)26-25(29)20-6-2-3-7-20/h9-12,20,22,24H,2-8,13-19H2,1H3,(H,26,29)/t24-/m1/s1. The maximum Gasteiger partial charge on any atom is 0.227 e. The molecule has 4 rings (SSSR count). The predicted molar refractivity (Wildman–Crippen MR) is 123 cm³/mol. The number of rotatable bonds is 7. The Bertz CT molecular complexity index is 657. The van der Waals surface area contributed by atoms with E-state index in [9.17, 15) is 4.79 Å². The van der Waals surface area contributed by atoms with Crippen molar-refractivity contribution in [1.29, 1.82) is 0 Å². The molecule has 0 bridgehead atoms. The topological polar surface area (TPSA) is 44.8 Å². The molecule has 1 amide bonds. The number of hydrogen-bond acceptors (Lipinski definition) is 4. The molecule has 2 saturated heterocycles. The molecule has 0 unspecified atom stereocenters. The fraction of sp³-hybridized carbons (Fsp3) is 0.720. The summed E-state index contributed by atoms with van der Waals surface area (Å²) in [4.78, 5) is 17.4. The van der Waals surface area contributed by atoms with Gasteiger partial charge in [-0.05, 0) is 82.7 Å². The quantitative estimate of drug-likeness (QED) is 0.705. The van der Waals surface area contributed by atoms with Crippen molar-refractivity contribution in [2.24, 2.45) is 5.92 Å². The van der Waals surface area contributed by atoms with Crippen molar-refractivity contribution >= 4 is 17.3 Å². The number of benzene rings is 1. The molecule has 166 valence electrons. The van der Waals surface area contributed by atoms with Gasteiger partial charge in [0.25, 0.3) is 0 Å². The lowest BCUT2D eigenvalue weighted by Gasteiger charge is -2.38. The largest absolute Gasteiger partial charge is 0.378 e.